The van der Waals surface area contributed by atoms with Crippen molar-refractivity contribution in [3.05, 3.63) is 22.4 Å². The molecule has 2 heteroatoms. The molecule has 0 spiro atoms. The molecule has 94 valence electrons. The van der Waals surface area contributed by atoms with Crippen molar-refractivity contribution in [1.82, 2.24) is 5.32 Å². The Morgan fingerprint density at radius 2 is 2.00 bits per heavy atom. The van der Waals surface area contributed by atoms with Crippen molar-refractivity contribution in [2.75, 3.05) is 6.54 Å². The van der Waals surface area contributed by atoms with Crippen molar-refractivity contribution >= 4 is 11.3 Å². The number of nitrogens with one attached hydrogen (secondary N) is 1. The fourth-order valence-electron chi connectivity index (χ4n) is 3.11. The van der Waals surface area contributed by atoms with Crippen LogP contribution in [0.25, 0.3) is 0 Å². The van der Waals surface area contributed by atoms with Crippen molar-refractivity contribution in [3.63, 3.8) is 0 Å². The summed E-state index contributed by atoms with van der Waals surface area (Å²) in [6.45, 7) is 1.26. The molecule has 2 atom stereocenters. The van der Waals surface area contributed by atoms with E-state index < -0.39 is 0 Å². The SMILES string of the molecule is c1csc(C2CCCCCC2CNC2CC2)c1. The fraction of sp³-hybridized carbons (Fsp3) is 0.733. The molecule has 0 aliphatic heterocycles. The molecular formula is C15H23NS. The topological polar surface area (TPSA) is 12.0 Å². The molecule has 0 bridgehead atoms. The van der Waals surface area contributed by atoms with Crippen molar-refractivity contribution in [2.45, 2.75) is 56.9 Å². The lowest BCUT2D eigenvalue weighted by Gasteiger charge is -2.24. The average Bonchev–Trinajstić information content (AvgIpc) is 3.08. The van der Waals surface area contributed by atoms with Gasteiger partial charge in [-0.2, -0.15) is 0 Å². The largest absolute Gasteiger partial charge is 0.314 e. The van der Waals surface area contributed by atoms with Gasteiger partial charge < -0.3 is 5.32 Å². The maximum atomic E-state index is 3.75. The van der Waals surface area contributed by atoms with E-state index in [-0.39, 0.29) is 0 Å². The van der Waals surface area contributed by atoms with Gasteiger partial charge in [-0.3, -0.25) is 0 Å². The van der Waals surface area contributed by atoms with E-state index in [1.165, 1.54) is 51.5 Å². The third-order valence-corrected chi connectivity index (χ3v) is 5.32. The number of thiophene rings is 1. The Balaban J connectivity index is 1.66. The minimum absolute atomic E-state index is 0.837. The first-order valence-electron chi connectivity index (χ1n) is 7.20. The van der Waals surface area contributed by atoms with Crippen LogP contribution in [0.4, 0.5) is 0 Å². The molecule has 0 saturated heterocycles. The van der Waals surface area contributed by atoms with Gasteiger partial charge in [-0.25, -0.2) is 0 Å². The summed E-state index contributed by atoms with van der Waals surface area (Å²) in [6, 6.07) is 5.43. The Kier molecular flexibility index (Phi) is 3.82. The van der Waals surface area contributed by atoms with Gasteiger partial charge in [-0.15, -0.1) is 11.3 Å². The van der Waals surface area contributed by atoms with Crippen LogP contribution in [0.5, 0.6) is 0 Å². The Morgan fingerprint density at radius 1 is 1.12 bits per heavy atom. The van der Waals surface area contributed by atoms with Crippen molar-refractivity contribution < 1.29 is 0 Å². The minimum Gasteiger partial charge on any atom is -0.314 e. The van der Waals surface area contributed by atoms with Gasteiger partial charge in [0.1, 0.15) is 0 Å². The molecule has 1 nitrogen and oxygen atoms in total. The fourth-order valence-corrected chi connectivity index (χ4v) is 4.07. The summed E-state index contributed by atoms with van der Waals surface area (Å²) in [5.41, 5.74) is 0. The molecule has 0 aromatic carbocycles. The van der Waals surface area contributed by atoms with Crippen LogP contribution in [0.15, 0.2) is 17.5 Å². The van der Waals surface area contributed by atoms with E-state index in [1.807, 2.05) is 11.3 Å². The van der Waals surface area contributed by atoms with E-state index in [4.69, 9.17) is 0 Å². The van der Waals surface area contributed by atoms with Gasteiger partial charge in [0.2, 0.25) is 0 Å². The first kappa shape index (κ1) is 11.7. The molecular weight excluding hydrogens is 226 g/mol. The molecule has 2 aliphatic rings. The van der Waals surface area contributed by atoms with E-state index >= 15 is 0 Å². The summed E-state index contributed by atoms with van der Waals surface area (Å²) >= 11 is 1.96. The van der Waals surface area contributed by atoms with Gasteiger partial charge in [-0.05, 0) is 55.5 Å². The van der Waals surface area contributed by atoms with Crippen LogP contribution in [0, 0.1) is 5.92 Å². The molecule has 2 unspecified atom stereocenters. The van der Waals surface area contributed by atoms with Gasteiger partial charge >= 0.3 is 0 Å². The second-order valence-electron chi connectivity index (χ2n) is 5.70. The van der Waals surface area contributed by atoms with Crippen molar-refractivity contribution in [2.24, 2.45) is 5.92 Å². The van der Waals surface area contributed by atoms with E-state index in [2.05, 4.69) is 22.8 Å². The standard InChI is InChI=1S/C15H23NS/c1-2-5-12(11-16-13-8-9-13)14(6-3-1)15-7-4-10-17-15/h4,7,10,12-14,16H,1-3,5-6,8-9,11H2. The van der Waals surface area contributed by atoms with Crippen LogP contribution in [0.3, 0.4) is 0 Å². The Morgan fingerprint density at radius 3 is 2.76 bits per heavy atom. The Hall–Kier alpha value is -0.340. The summed E-state index contributed by atoms with van der Waals surface area (Å²) in [6.07, 6.45) is 10.00. The van der Waals surface area contributed by atoms with Crippen LogP contribution in [-0.4, -0.2) is 12.6 Å². The van der Waals surface area contributed by atoms with Crippen LogP contribution >= 0.6 is 11.3 Å². The zero-order chi connectivity index (χ0) is 11.5. The number of hydrogen-bond acceptors (Lipinski definition) is 2. The van der Waals surface area contributed by atoms with Gasteiger partial charge in [-0.1, -0.05) is 25.3 Å². The Labute approximate surface area is 109 Å². The maximum Gasteiger partial charge on any atom is 0.00794 e. The van der Waals surface area contributed by atoms with E-state index in [9.17, 15) is 0 Å². The van der Waals surface area contributed by atoms with Gasteiger partial charge in [0.25, 0.3) is 0 Å². The average molecular weight is 249 g/mol. The molecule has 1 aromatic heterocycles. The van der Waals surface area contributed by atoms with Crippen LogP contribution in [-0.2, 0) is 0 Å². The molecule has 2 saturated carbocycles. The zero-order valence-corrected chi connectivity index (χ0v) is 11.3. The summed E-state index contributed by atoms with van der Waals surface area (Å²) in [7, 11) is 0. The van der Waals surface area contributed by atoms with Gasteiger partial charge in [0.15, 0.2) is 0 Å². The lowest BCUT2D eigenvalue weighted by Crippen LogP contribution is -2.28. The smallest absolute Gasteiger partial charge is 0.00794 e. The molecule has 0 radical (unpaired) electrons. The normalized spacial score (nSPS) is 30.1. The highest BCUT2D eigenvalue weighted by Crippen LogP contribution is 2.38. The van der Waals surface area contributed by atoms with Crippen LogP contribution in [0.1, 0.15) is 55.7 Å². The molecule has 3 rings (SSSR count). The lowest BCUT2D eigenvalue weighted by atomic mass is 9.86. The molecule has 2 aliphatic carbocycles. The molecule has 0 amide bonds. The van der Waals surface area contributed by atoms with Crippen molar-refractivity contribution in [1.29, 1.82) is 0 Å². The second-order valence-corrected chi connectivity index (χ2v) is 6.68. The van der Waals surface area contributed by atoms with E-state index in [1.54, 1.807) is 4.88 Å². The number of hydrogen-bond donors (Lipinski definition) is 1. The predicted octanol–water partition coefficient (Wildman–Crippen LogP) is 4.16. The van der Waals surface area contributed by atoms with Crippen molar-refractivity contribution in [3.8, 4) is 0 Å². The summed E-state index contributed by atoms with van der Waals surface area (Å²) < 4.78 is 0. The highest BCUT2D eigenvalue weighted by molar-refractivity contribution is 7.10. The van der Waals surface area contributed by atoms with Gasteiger partial charge in [0.05, 0.1) is 0 Å². The number of rotatable bonds is 4. The summed E-state index contributed by atoms with van der Waals surface area (Å²) in [5, 5.41) is 5.99. The monoisotopic (exact) mass is 249 g/mol. The highest BCUT2D eigenvalue weighted by Gasteiger charge is 2.28. The van der Waals surface area contributed by atoms with Gasteiger partial charge in [0, 0.05) is 10.9 Å². The summed E-state index contributed by atoms with van der Waals surface area (Å²) in [4.78, 5) is 1.63. The van der Waals surface area contributed by atoms with Crippen LogP contribution < -0.4 is 5.32 Å². The molecule has 2 fully saturated rings. The third kappa shape index (κ3) is 3.11. The summed E-state index contributed by atoms with van der Waals surface area (Å²) in [5.74, 6) is 1.72. The third-order valence-electron chi connectivity index (χ3n) is 4.31. The molecule has 1 heterocycles. The first-order valence-corrected chi connectivity index (χ1v) is 8.08. The zero-order valence-electron chi connectivity index (χ0n) is 10.5. The van der Waals surface area contributed by atoms with Crippen LogP contribution in [0.2, 0.25) is 0 Å². The lowest BCUT2D eigenvalue weighted by molar-refractivity contribution is 0.378. The minimum atomic E-state index is 0.837. The molecule has 1 aromatic rings. The first-order chi connectivity index (χ1) is 8.43. The second kappa shape index (κ2) is 5.53. The maximum absolute atomic E-state index is 3.75. The van der Waals surface area contributed by atoms with E-state index in [0.29, 0.717) is 0 Å². The highest BCUT2D eigenvalue weighted by atomic mass is 32.1. The molecule has 17 heavy (non-hydrogen) atoms. The quantitative estimate of drug-likeness (QED) is 0.790. The van der Waals surface area contributed by atoms with E-state index in [0.717, 1.165) is 17.9 Å². The Bertz CT molecular complexity index is 329. The molecule has 1 N–H and O–H groups in total. The predicted molar refractivity (Wildman–Crippen MR) is 74.7 cm³/mol.